The van der Waals surface area contributed by atoms with Crippen molar-refractivity contribution < 1.29 is 9.90 Å². The second-order valence-corrected chi connectivity index (χ2v) is 9.18. The molecule has 0 unspecified atom stereocenters. The highest BCUT2D eigenvalue weighted by Crippen LogP contribution is 2.43. The van der Waals surface area contributed by atoms with Crippen molar-refractivity contribution >= 4 is 34.5 Å². The van der Waals surface area contributed by atoms with Gasteiger partial charge in [0.05, 0.1) is 5.56 Å². The van der Waals surface area contributed by atoms with E-state index in [0.717, 1.165) is 28.5 Å². The predicted octanol–water partition coefficient (Wildman–Crippen LogP) is 7.22. The number of carboxylic acid groups (broad SMARTS) is 1. The van der Waals surface area contributed by atoms with Gasteiger partial charge in [-0.05, 0) is 63.2 Å². The maximum atomic E-state index is 11.1. The quantitative estimate of drug-likeness (QED) is 0.347. The first kappa shape index (κ1) is 20.9. The Balaban J connectivity index is 1.56. The van der Waals surface area contributed by atoms with Gasteiger partial charge in [-0.15, -0.1) is 0 Å². The van der Waals surface area contributed by atoms with Gasteiger partial charge in [0.1, 0.15) is 0 Å². The summed E-state index contributed by atoms with van der Waals surface area (Å²) in [6, 6.07) is 22.0. The van der Waals surface area contributed by atoms with E-state index in [1.807, 2.05) is 36.7 Å². The summed E-state index contributed by atoms with van der Waals surface area (Å²) < 4.78 is 0. The van der Waals surface area contributed by atoms with Crippen molar-refractivity contribution in [1.82, 2.24) is 4.98 Å². The molecule has 1 aromatic heterocycles. The number of carbonyl (C=O) groups is 1. The highest BCUT2D eigenvalue weighted by molar-refractivity contribution is 5.98. The summed E-state index contributed by atoms with van der Waals surface area (Å²) in [5, 5.41) is 11.4. The zero-order valence-corrected chi connectivity index (χ0v) is 18.7. The van der Waals surface area contributed by atoms with E-state index in [-0.39, 0.29) is 5.41 Å². The fourth-order valence-electron chi connectivity index (χ4n) is 4.57. The smallest absolute Gasteiger partial charge is 0.335 e. The molecule has 0 radical (unpaired) electrons. The van der Waals surface area contributed by atoms with E-state index in [1.165, 1.54) is 22.1 Å². The Kier molecular flexibility index (Phi) is 5.18. The molecule has 3 aromatic carbocycles. The van der Waals surface area contributed by atoms with Gasteiger partial charge < -0.3 is 5.11 Å². The van der Waals surface area contributed by atoms with Crippen LogP contribution in [0.5, 0.6) is 0 Å². The van der Waals surface area contributed by atoms with Gasteiger partial charge in [-0.1, -0.05) is 80.6 Å². The number of pyridine rings is 1. The topological polar surface area (TPSA) is 50.2 Å². The van der Waals surface area contributed by atoms with Gasteiger partial charge in [0.25, 0.3) is 0 Å². The van der Waals surface area contributed by atoms with Crippen molar-refractivity contribution in [2.24, 2.45) is 0 Å². The maximum Gasteiger partial charge on any atom is 0.335 e. The summed E-state index contributed by atoms with van der Waals surface area (Å²) in [6.07, 6.45) is 11.3. The third-order valence-corrected chi connectivity index (χ3v) is 6.46. The molecule has 5 rings (SSSR count). The highest BCUT2D eigenvalue weighted by atomic mass is 16.4. The van der Waals surface area contributed by atoms with Crippen LogP contribution in [0.15, 0.2) is 85.2 Å². The van der Waals surface area contributed by atoms with E-state index in [9.17, 15) is 4.79 Å². The zero-order chi connectivity index (χ0) is 23.0. The predicted molar refractivity (Wildman–Crippen MR) is 135 cm³/mol. The Hall–Kier alpha value is -3.98. The SMILES string of the molecule is CC1(C)CC=C(c2cncc3ccccc23)c2cc(/C=C/c3ccc(C(=O)O)cc3)ccc21. The average molecular weight is 432 g/mol. The van der Waals surface area contributed by atoms with E-state index in [0.29, 0.717) is 5.56 Å². The molecule has 0 aliphatic heterocycles. The van der Waals surface area contributed by atoms with Gasteiger partial charge >= 0.3 is 5.97 Å². The molecule has 162 valence electrons. The van der Waals surface area contributed by atoms with E-state index in [1.54, 1.807) is 12.1 Å². The minimum absolute atomic E-state index is 0.0613. The Morgan fingerprint density at radius 2 is 1.64 bits per heavy atom. The van der Waals surface area contributed by atoms with E-state index < -0.39 is 5.97 Å². The fraction of sp³-hybridized carbons (Fsp3) is 0.133. The van der Waals surface area contributed by atoms with E-state index >= 15 is 0 Å². The number of hydrogen-bond donors (Lipinski definition) is 1. The number of rotatable bonds is 4. The van der Waals surface area contributed by atoms with Gasteiger partial charge in [0.2, 0.25) is 0 Å². The molecular weight excluding hydrogens is 406 g/mol. The molecule has 0 saturated carbocycles. The number of nitrogens with zero attached hydrogens (tertiary/aromatic N) is 1. The van der Waals surface area contributed by atoms with E-state index in [2.05, 4.69) is 67.4 Å². The molecule has 1 aliphatic carbocycles. The standard InChI is InChI=1S/C30H25NO2/c1-30(2)16-15-25(27-19-31-18-23-5-3-4-6-24(23)27)26-17-21(11-14-28(26)30)8-7-20-9-12-22(13-10-20)29(32)33/h3-15,17-19H,16H2,1-2H3,(H,32,33)/b8-7+. The lowest BCUT2D eigenvalue weighted by Gasteiger charge is -2.32. The summed E-state index contributed by atoms with van der Waals surface area (Å²) in [7, 11) is 0. The highest BCUT2D eigenvalue weighted by Gasteiger charge is 2.29. The lowest BCUT2D eigenvalue weighted by molar-refractivity contribution is 0.0697. The van der Waals surface area contributed by atoms with Crippen LogP contribution in [0, 0.1) is 0 Å². The molecule has 1 heterocycles. The van der Waals surface area contributed by atoms with Crippen LogP contribution in [0.4, 0.5) is 0 Å². The van der Waals surface area contributed by atoms with Crippen LogP contribution in [0.25, 0.3) is 28.5 Å². The zero-order valence-electron chi connectivity index (χ0n) is 18.7. The number of fused-ring (bicyclic) bond motifs is 2. The van der Waals surface area contributed by atoms with Crippen LogP contribution in [0.1, 0.15) is 58.4 Å². The second-order valence-electron chi connectivity index (χ2n) is 9.18. The van der Waals surface area contributed by atoms with Crippen molar-refractivity contribution in [2.75, 3.05) is 0 Å². The fourth-order valence-corrected chi connectivity index (χ4v) is 4.57. The molecule has 3 heteroatoms. The number of aromatic nitrogens is 1. The van der Waals surface area contributed by atoms with Crippen molar-refractivity contribution in [3.05, 3.63) is 119 Å². The Morgan fingerprint density at radius 1 is 0.909 bits per heavy atom. The lowest BCUT2D eigenvalue weighted by Crippen LogP contribution is -2.22. The number of aromatic carboxylic acids is 1. The van der Waals surface area contributed by atoms with E-state index in [4.69, 9.17) is 5.11 Å². The monoisotopic (exact) mass is 431 g/mol. The van der Waals surface area contributed by atoms with Gasteiger partial charge in [-0.25, -0.2) is 4.79 Å². The molecule has 4 aromatic rings. The molecule has 3 nitrogen and oxygen atoms in total. The number of allylic oxidation sites excluding steroid dienone is 1. The van der Waals surface area contributed by atoms with Crippen molar-refractivity contribution in [3.8, 4) is 0 Å². The first-order chi connectivity index (χ1) is 15.9. The van der Waals surface area contributed by atoms with Gasteiger partial charge in [0.15, 0.2) is 0 Å². The number of benzene rings is 3. The van der Waals surface area contributed by atoms with Crippen molar-refractivity contribution in [1.29, 1.82) is 0 Å². The minimum atomic E-state index is -0.912. The Labute approximate surface area is 193 Å². The molecule has 1 N–H and O–H groups in total. The summed E-state index contributed by atoms with van der Waals surface area (Å²) in [4.78, 5) is 15.6. The maximum absolute atomic E-state index is 11.1. The third kappa shape index (κ3) is 3.98. The third-order valence-electron chi connectivity index (χ3n) is 6.46. The summed E-state index contributed by atoms with van der Waals surface area (Å²) in [5.74, 6) is -0.912. The first-order valence-corrected chi connectivity index (χ1v) is 11.1. The number of hydrogen-bond acceptors (Lipinski definition) is 2. The molecule has 33 heavy (non-hydrogen) atoms. The molecule has 0 saturated heterocycles. The van der Waals surface area contributed by atoms with Crippen LogP contribution in [0.2, 0.25) is 0 Å². The van der Waals surface area contributed by atoms with Crippen LogP contribution in [-0.4, -0.2) is 16.1 Å². The normalized spacial score (nSPS) is 14.8. The second kappa shape index (κ2) is 8.18. The molecule has 0 atom stereocenters. The Morgan fingerprint density at radius 3 is 2.42 bits per heavy atom. The first-order valence-electron chi connectivity index (χ1n) is 11.1. The molecular formula is C30H25NO2. The number of carboxylic acids is 1. The Bertz CT molecular complexity index is 1420. The molecule has 0 fully saturated rings. The molecule has 0 spiro atoms. The van der Waals surface area contributed by atoms with Crippen LogP contribution >= 0.6 is 0 Å². The lowest BCUT2D eigenvalue weighted by atomic mass is 9.71. The van der Waals surface area contributed by atoms with Gasteiger partial charge in [-0.3, -0.25) is 4.98 Å². The molecule has 1 aliphatic rings. The van der Waals surface area contributed by atoms with Crippen molar-refractivity contribution in [2.45, 2.75) is 25.7 Å². The summed E-state index contributed by atoms with van der Waals surface area (Å²) in [6.45, 7) is 4.58. The van der Waals surface area contributed by atoms with Crippen LogP contribution in [0.3, 0.4) is 0 Å². The minimum Gasteiger partial charge on any atom is -0.478 e. The molecule has 0 amide bonds. The largest absolute Gasteiger partial charge is 0.478 e. The van der Waals surface area contributed by atoms with Crippen molar-refractivity contribution in [3.63, 3.8) is 0 Å². The average Bonchev–Trinajstić information content (AvgIpc) is 2.83. The van der Waals surface area contributed by atoms with Crippen LogP contribution in [-0.2, 0) is 5.41 Å². The van der Waals surface area contributed by atoms with Gasteiger partial charge in [0, 0.05) is 23.3 Å². The van der Waals surface area contributed by atoms with Gasteiger partial charge in [-0.2, -0.15) is 0 Å². The van der Waals surface area contributed by atoms with Crippen LogP contribution < -0.4 is 0 Å². The molecule has 0 bridgehead atoms. The summed E-state index contributed by atoms with van der Waals surface area (Å²) >= 11 is 0. The summed E-state index contributed by atoms with van der Waals surface area (Å²) in [5.41, 5.74) is 7.40.